The zero-order valence-corrected chi connectivity index (χ0v) is 19.3. The van der Waals surface area contributed by atoms with Crippen LogP contribution in [0.1, 0.15) is 39.0 Å². The van der Waals surface area contributed by atoms with Gasteiger partial charge in [0.25, 0.3) is 11.8 Å². The number of amides is 2. The van der Waals surface area contributed by atoms with Crippen molar-refractivity contribution in [3.8, 4) is 0 Å². The van der Waals surface area contributed by atoms with Gasteiger partial charge in [-0.3, -0.25) is 14.5 Å². The van der Waals surface area contributed by atoms with Crippen molar-refractivity contribution in [2.24, 2.45) is 11.7 Å². The lowest BCUT2D eigenvalue weighted by Gasteiger charge is -2.48. The lowest BCUT2D eigenvalue weighted by molar-refractivity contribution is 0.0422. The molecule has 4 N–H and O–H groups in total. The van der Waals surface area contributed by atoms with Gasteiger partial charge in [0.1, 0.15) is 5.82 Å². The molecule has 3 unspecified atom stereocenters. The van der Waals surface area contributed by atoms with E-state index in [-0.39, 0.29) is 17.7 Å². The maximum atomic E-state index is 13.7. The number of H-pyrrole nitrogens is 1. The van der Waals surface area contributed by atoms with Crippen molar-refractivity contribution < 1.29 is 9.59 Å². The van der Waals surface area contributed by atoms with Crippen LogP contribution in [0.15, 0.2) is 79.4 Å². The molecule has 0 fully saturated rings. The van der Waals surface area contributed by atoms with Crippen LogP contribution in [0, 0.1) is 5.92 Å². The minimum Gasteiger partial charge on any atom is -0.369 e. The summed E-state index contributed by atoms with van der Waals surface area (Å²) in [7, 11) is 0. The first-order chi connectivity index (χ1) is 16.9. The molecule has 2 aliphatic rings. The number of nitrogens with two attached hydrogens (primary N) is 1. The summed E-state index contributed by atoms with van der Waals surface area (Å²) in [4.78, 5) is 36.9. The summed E-state index contributed by atoms with van der Waals surface area (Å²) in [5, 5.41) is 3.38. The van der Waals surface area contributed by atoms with Gasteiger partial charge in [-0.05, 0) is 49.2 Å². The average molecular weight is 464 g/mol. The Morgan fingerprint density at radius 2 is 1.63 bits per heavy atom. The highest BCUT2D eigenvalue weighted by Crippen LogP contribution is 2.46. The minimum absolute atomic E-state index is 0.351. The molecule has 3 heterocycles. The van der Waals surface area contributed by atoms with Crippen molar-refractivity contribution in [1.29, 1.82) is 0 Å². The molecule has 174 valence electrons. The van der Waals surface area contributed by atoms with Gasteiger partial charge in [0.05, 0.1) is 33.9 Å². The largest absolute Gasteiger partial charge is 0.369 e. The van der Waals surface area contributed by atoms with Gasteiger partial charge in [-0.15, -0.1) is 0 Å². The number of imidazole rings is 1. The third-order valence-corrected chi connectivity index (χ3v) is 7.48. The Morgan fingerprint density at radius 1 is 1.00 bits per heavy atom. The number of fused-ring (bicyclic) bond motifs is 3. The fourth-order valence-electron chi connectivity index (χ4n) is 5.50. The second-order valence-corrected chi connectivity index (χ2v) is 9.36. The van der Waals surface area contributed by atoms with E-state index in [4.69, 9.17) is 10.7 Å². The first-order valence-electron chi connectivity index (χ1n) is 11.6. The predicted molar refractivity (Wildman–Crippen MR) is 136 cm³/mol. The summed E-state index contributed by atoms with van der Waals surface area (Å²) in [5.41, 5.74) is 10.5. The molecule has 0 spiro atoms. The SMILES string of the molecule is C=C(c1nc2ccccc2[nH]1)C(C)(C1Cc2ccccc2NC1N)N1C(=O)c2ccccc2C1=O. The van der Waals surface area contributed by atoms with E-state index in [1.165, 1.54) is 4.90 Å². The maximum absolute atomic E-state index is 13.7. The summed E-state index contributed by atoms with van der Waals surface area (Å²) < 4.78 is 0. The molecular formula is C28H25N5O2. The number of imide groups is 1. The Bertz CT molecular complexity index is 1450. The molecule has 4 aromatic rings. The lowest BCUT2D eigenvalue weighted by atomic mass is 9.71. The van der Waals surface area contributed by atoms with Crippen LogP contribution in [0.5, 0.6) is 0 Å². The number of hydrogen-bond acceptors (Lipinski definition) is 5. The van der Waals surface area contributed by atoms with Crippen LogP contribution in [0.2, 0.25) is 0 Å². The third kappa shape index (κ3) is 3.05. The smallest absolute Gasteiger partial charge is 0.262 e. The van der Waals surface area contributed by atoms with Crippen LogP contribution >= 0.6 is 0 Å². The maximum Gasteiger partial charge on any atom is 0.262 e. The number of carbonyl (C=O) groups is 2. The second-order valence-electron chi connectivity index (χ2n) is 9.36. The normalized spacial score (nSPS) is 20.8. The summed E-state index contributed by atoms with van der Waals surface area (Å²) in [5.74, 6) is -0.538. The van der Waals surface area contributed by atoms with Crippen LogP contribution in [0.3, 0.4) is 0 Å². The average Bonchev–Trinajstić information content (AvgIpc) is 3.42. The molecule has 3 atom stereocenters. The molecule has 0 bridgehead atoms. The number of aromatic amines is 1. The zero-order chi connectivity index (χ0) is 24.3. The van der Waals surface area contributed by atoms with Crippen LogP contribution in [-0.2, 0) is 6.42 Å². The number of nitrogens with zero attached hydrogens (tertiary/aromatic N) is 2. The van der Waals surface area contributed by atoms with Crippen molar-refractivity contribution in [2.75, 3.05) is 5.32 Å². The number of hydrogen-bond donors (Lipinski definition) is 3. The standard InChI is InChI=1S/C28H25N5O2/c1-16(25-31-22-13-7-8-14-23(22)32-25)28(2,20-15-17-9-3-6-12-21(17)30-24(20)29)33-26(34)18-10-4-5-11-19(18)27(33)35/h3-14,20,24,30H,1,15,29H2,2H3,(H,31,32). The Hall–Kier alpha value is -4.23. The number of anilines is 1. The molecular weight excluding hydrogens is 438 g/mol. The Kier molecular flexibility index (Phi) is 4.66. The van der Waals surface area contributed by atoms with Crippen molar-refractivity contribution >= 4 is 34.1 Å². The predicted octanol–water partition coefficient (Wildman–Crippen LogP) is 4.20. The highest BCUT2D eigenvalue weighted by atomic mass is 16.2. The lowest BCUT2D eigenvalue weighted by Crippen LogP contribution is -2.62. The van der Waals surface area contributed by atoms with E-state index in [0.29, 0.717) is 28.9 Å². The molecule has 0 radical (unpaired) electrons. The van der Waals surface area contributed by atoms with E-state index in [2.05, 4.69) is 16.9 Å². The van der Waals surface area contributed by atoms with Gasteiger partial charge in [0.15, 0.2) is 0 Å². The number of rotatable bonds is 4. The van der Waals surface area contributed by atoms with E-state index in [0.717, 1.165) is 22.3 Å². The minimum atomic E-state index is -1.17. The van der Waals surface area contributed by atoms with E-state index >= 15 is 0 Å². The van der Waals surface area contributed by atoms with Gasteiger partial charge < -0.3 is 16.0 Å². The summed E-state index contributed by atoms with van der Waals surface area (Å²) in [6.07, 6.45) is 0.0355. The molecule has 7 nitrogen and oxygen atoms in total. The van der Waals surface area contributed by atoms with Gasteiger partial charge in [-0.1, -0.05) is 49.0 Å². The summed E-state index contributed by atoms with van der Waals surface area (Å²) in [6, 6.07) is 22.5. The molecule has 2 aliphatic heterocycles. The molecule has 35 heavy (non-hydrogen) atoms. The van der Waals surface area contributed by atoms with E-state index in [1.54, 1.807) is 24.3 Å². The van der Waals surface area contributed by atoms with E-state index in [1.807, 2.05) is 55.5 Å². The fraction of sp³-hybridized carbons (Fsp3) is 0.179. The summed E-state index contributed by atoms with van der Waals surface area (Å²) >= 11 is 0. The Balaban J connectivity index is 1.52. The van der Waals surface area contributed by atoms with Gasteiger partial charge >= 0.3 is 0 Å². The van der Waals surface area contributed by atoms with Gasteiger partial charge in [-0.25, -0.2) is 4.98 Å². The van der Waals surface area contributed by atoms with Gasteiger partial charge in [0.2, 0.25) is 0 Å². The second kappa shape index (κ2) is 7.65. The molecule has 0 aliphatic carbocycles. The molecule has 7 heteroatoms. The van der Waals surface area contributed by atoms with Gasteiger partial charge in [-0.2, -0.15) is 0 Å². The first kappa shape index (κ1) is 21.3. The number of aromatic nitrogens is 2. The highest BCUT2D eigenvalue weighted by molar-refractivity contribution is 6.22. The van der Waals surface area contributed by atoms with E-state index in [9.17, 15) is 9.59 Å². The monoisotopic (exact) mass is 463 g/mol. The van der Waals surface area contributed by atoms with Crippen LogP contribution in [0.25, 0.3) is 16.6 Å². The van der Waals surface area contributed by atoms with Gasteiger partial charge in [0, 0.05) is 17.2 Å². The van der Waals surface area contributed by atoms with Crippen LogP contribution < -0.4 is 11.1 Å². The Morgan fingerprint density at radius 3 is 2.34 bits per heavy atom. The first-order valence-corrected chi connectivity index (χ1v) is 11.6. The molecule has 3 aromatic carbocycles. The highest BCUT2D eigenvalue weighted by Gasteiger charge is 2.54. The third-order valence-electron chi connectivity index (χ3n) is 7.48. The molecule has 1 aromatic heterocycles. The van der Waals surface area contributed by atoms with Crippen molar-refractivity contribution in [2.45, 2.75) is 25.0 Å². The van der Waals surface area contributed by atoms with E-state index < -0.39 is 11.7 Å². The summed E-state index contributed by atoms with van der Waals surface area (Å²) in [6.45, 7) is 6.29. The fourth-order valence-corrected chi connectivity index (χ4v) is 5.50. The number of benzene rings is 3. The van der Waals surface area contributed by atoms with Crippen molar-refractivity contribution in [3.05, 3.63) is 102 Å². The molecule has 6 rings (SSSR count). The number of nitrogens with one attached hydrogen (secondary N) is 2. The molecule has 0 saturated carbocycles. The molecule has 0 saturated heterocycles. The zero-order valence-electron chi connectivity index (χ0n) is 19.3. The van der Waals surface area contributed by atoms with Crippen LogP contribution in [0.4, 0.5) is 5.69 Å². The number of carbonyl (C=O) groups excluding carboxylic acids is 2. The van der Waals surface area contributed by atoms with Crippen molar-refractivity contribution in [1.82, 2.24) is 14.9 Å². The topological polar surface area (TPSA) is 104 Å². The van der Waals surface area contributed by atoms with Crippen molar-refractivity contribution in [3.63, 3.8) is 0 Å². The molecule has 2 amide bonds. The number of para-hydroxylation sites is 3. The van der Waals surface area contributed by atoms with Crippen LogP contribution in [-0.4, -0.2) is 38.4 Å². The Labute approximate surface area is 202 Å². The quantitative estimate of drug-likeness (QED) is 0.394.